The van der Waals surface area contributed by atoms with Crippen LogP contribution in [0.4, 0.5) is 0 Å². The number of nitrogens with two attached hydrogens (primary N) is 1. The van der Waals surface area contributed by atoms with Gasteiger partial charge in [0.2, 0.25) is 5.91 Å². The molecular formula is C14H17ClN4O2S. The molecule has 118 valence electrons. The third-order valence-electron chi connectivity index (χ3n) is 2.88. The highest BCUT2D eigenvalue weighted by Gasteiger charge is 2.19. The normalized spacial score (nSPS) is 12.1. The Kier molecular flexibility index (Phi) is 5.68. The fraction of sp³-hybridized carbons (Fsp3) is 0.357. The Hall–Kier alpha value is -1.73. The molecule has 1 aromatic heterocycles. The van der Waals surface area contributed by atoms with Crippen molar-refractivity contribution in [2.24, 2.45) is 5.73 Å². The number of halogens is 1. The zero-order chi connectivity index (χ0) is 16.1. The number of hydrogen-bond donors (Lipinski definition) is 1. The summed E-state index contributed by atoms with van der Waals surface area (Å²) in [7, 11) is 0. The van der Waals surface area contributed by atoms with Crippen LogP contribution in [-0.4, -0.2) is 26.4 Å². The number of aromatic nitrogens is 3. The van der Waals surface area contributed by atoms with Gasteiger partial charge in [0.05, 0.1) is 5.75 Å². The lowest BCUT2D eigenvalue weighted by Crippen LogP contribution is -2.15. The van der Waals surface area contributed by atoms with Gasteiger partial charge in [-0.3, -0.25) is 4.79 Å². The molecule has 22 heavy (non-hydrogen) atoms. The molecule has 1 atom stereocenters. The largest absolute Gasteiger partial charge is 0.483 e. The molecule has 6 nitrogen and oxygen atoms in total. The molecule has 2 rings (SSSR count). The Morgan fingerprint density at radius 3 is 2.91 bits per heavy atom. The van der Waals surface area contributed by atoms with Crippen LogP contribution in [0.5, 0.6) is 5.75 Å². The number of ether oxygens (including phenoxy) is 1. The Bertz CT molecular complexity index is 662. The summed E-state index contributed by atoms with van der Waals surface area (Å²) in [5, 5.41) is 9.53. The van der Waals surface area contributed by atoms with Crippen molar-refractivity contribution in [3.05, 3.63) is 35.1 Å². The molecule has 0 aliphatic heterocycles. The quantitative estimate of drug-likeness (QED) is 0.783. The van der Waals surface area contributed by atoms with Crippen LogP contribution in [0.1, 0.15) is 25.8 Å². The van der Waals surface area contributed by atoms with E-state index in [4.69, 9.17) is 22.1 Å². The number of benzene rings is 1. The van der Waals surface area contributed by atoms with E-state index in [9.17, 15) is 4.79 Å². The minimum absolute atomic E-state index is 0.168. The fourth-order valence-electron chi connectivity index (χ4n) is 1.94. The van der Waals surface area contributed by atoms with Crippen molar-refractivity contribution in [3.8, 4) is 5.75 Å². The summed E-state index contributed by atoms with van der Waals surface area (Å²) in [6.45, 7) is 4.54. The first-order chi connectivity index (χ1) is 10.5. The summed E-state index contributed by atoms with van der Waals surface area (Å²) in [5.41, 5.74) is 5.16. The van der Waals surface area contributed by atoms with Gasteiger partial charge in [0.1, 0.15) is 5.75 Å². The minimum atomic E-state index is -0.388. The highest BCUT2D eigenvalue weighted by molar-refractivity contribution is 7.99. The van der Waals surface area contributed by atoms with Crippen molar-refractivity contribution in [3.63, 3.8) is 0 Å². The predicted molar refractivity (Wildman–Crippen MR) is 86.1 cm³/mol. The number of nitrogens with zero attached hydrogens (tertiary/aromatic N) is 3. The molecule has 0 saturated heterocycles. The molecule has 0 radical (unpaired) electrons. The van der Waals surface area contributed by atoms with Gasteiger partial charge in [-0.2, -0.15) is 0 Å². The van der Waals surface area contributed by atoms with Crippen molar-refractivity contribution < 1.29 is 9.53 Å². The van der Waals surface area contributed by atoms with Crippen molar-refractivity contribution in [1.82, 2.24) is 14.8 Å². The molecule has 1 aromatic carbocycles. The van der Waals surface area contributed by atoms with Gasteiger partial charge in [0.25, 0.3) is 0 Å². The number of carbonyl (C=O) groups excluding carboxylic acids is 1. The molecule has 0 aliphatic rings. The van der Waals surface area contributed by atoms with E-state index in [0.29, 0.717) is 28.3 Å². The monoisotopic (exact) mass is 340 g/mol. The van der Waals surface area contributed by atoms with Crippen LogP contribution in [0, 0.1) is 0 Å². The van der Waals surface area contributed by atoms with Crippen molar-refractivity contribution in [1.29, 1.82) is 0 Å². The third kappa shape index (κ3) is 4.14. The van der Waals surface area contributed by atoms with E-state index in [0.717, 1.165) is 0 Å². The average Bonchev–Trinajstić information content (AvgIpc) is 2.88. The predicted octanol–water partition coefficient (Wildman–Crippen LogP) is 2.67. The zero-order valence-electron chi connectivity index (χ0n) is 12.3. The average molecular weight is 341 g/mol. The van der Waals surface area contributed by atoms with Crippen LogP contribution < -0.4 is 10.5 Å². The Balaban J connectivity index is 2.15. The van der Waals surface area contributed by atoms with Crippen LogP contribution >= 0.6 is 23.4 Å². The van der Waals surface area contributed by atoms with Gasteiger partial charge < -0.3 is 15.0 Å². The van der Waals surface area contributed by atoms with E-state index >= 15 is 0 Å². The summed E-state index contributed by atoms with van der Waals surface area (Å²) in [4.78, 5) is 10.9. The molecule has 2 aromatic rings. The summed E-state index contributed by atoms with van der Waals surface area (Å²) in [6, 6.07) is 7.18. The first-order valence-corrected chi connectivity index (χ1v) is 8.14. The van der Waals surface area contributed by atoms with Gasteiger partial charge in [-0.05, 0) is 32.0 Å². The lowest BCUT2D eigenvalue weighted by Gasteiger charge is -2.15. The number of rotatable bonds is 7. The second-order valence-corrected chi connectivity index (χ2v) is 5.94. The molecule has 1 amide bonds. The zero-order valence-corrected chi connectivity index (χ0v) is 13.9. The number of thioether (sulfide) groups is 1. The van der Waals surface area contributed by atoms with Gasteiger partial charge >= 0.3 is 0 Å². The van der Waals surface area contributed by atoms with E-state index in [-0.39, 0.29) is 17.8 Å². The van der Waals surface area contributed by atoms with Crippen LogP contribution in [0.3, 0.4) is 0 Å². The first kappa shape index (κ1) is 16.6. The summed E-state index contributed by atoms with van der Waals surface area (Å²) in [5.74, 6) is 1.13. The molecule has 2 N–H and O–H groups in total. The van der Waals surface area contributed by atoms with E-state index in [1.165, 1.54) is 11.8 Å². The van der Waals surface area contributed by atoms with Gasteiger partial charge in [0.15, 0.2) is 17.1 Å². The number of hydrogen-bond acceptors (Lipinski definition) is 5. The highest BCUT2D eigenvalue weighted by atomic mass is 35.5. The number of primary amides is 1. The maximum Gasteiger partial charge on any atom is 0.227 e. The van der Waals surface area contributed by atoms with Gasteiger partial charge in [-0.15, -0.1) is 10.2 Å². The SMILES string of the molecule is CCn1c(SCC(N)=O)nnc1[C@@H](C)Oc1cccc(Cl)c1. The minimum Gasteiger partial charge on any atom is -0.483 e. The van der Waals surface area contributed by atoms with Gasteiger partial charge in [-0.25, -0.2) is 0 Å². The topological polar surface area (TPSA) is 83.0 Å². The van der Waals surface area contributed by atoms with E-state index in [1.54, 1.807) is 12.1 Å². The Morgan fingerprint density at radius 1 is 1.50 bits per heavy atom. The second kappa shape index (κ2) is 7.51. The fourth-order valence-corrected chi connectivity index (χ4v) is 2.87. The Morgan fingerprint density at radius 2 is 2.27 bits per heavy atom. The molecule has 0 aliphatic carbocycles. The van der Waals surface area contributed by atoms with E-state index < -0.39 is 0 Å². The molecule has 1 heterocycles. The molecule has 0 fully saturated rings. The summed E-state index contributed by atoms with van der Waals surface area (Å²) in [6.07, 6.45) is -0.297. The maximum absolute atomic E-state index is 10.9. The first-order valence-electron chi connectivity index (χ1n) is 6.77. The van der Waals surface area contributed by atoms with E-state index in [2.05, 4.69) is 10.2 Å². The molecule has 8 heteroatoms. The van der Waals surface area contributed by atoms with Crippen molar-refractivity contribution in [2.75, 3.05) is 5.75 Å². The van der Waals surface area contributed by atoms with Crippen LogP contribution in [0.25, 0.3) is 0 Å². The van der Waals surface area contributed by atoms with Crippen LogP contribution in [0.2, 0.25) is 5.02 Å². The van der Waals surface area contributed by atoms with Crippen LogP contribution in [0.15, 0.2) is 29.4 Å². The second-order valence-electron chi connectivity index (χ2n) is 4.56. The summed E-state index contributed by atoms with van der Waals surface area (Å²) < 4.78 is 7.76. The lowest BCUT2D eigenvalue weighted by atomic mass is 10.3. The van der Waals surface area contributed by atoms with Crippen molar-refractivity contribution in [2.45, 2.75) is 31.7 Å². The molecular weight excluding hydrogens is 324 g/mol. The molecule has 0 unspecified atom stereocenters. The maximum atomic E-state index is 10.9. The smallest absolute Gasteiger partial charge is 0.227 e. The van der Waals surface area contributed by atoms with E-state index in [1.807, 2.05) is 30.5 Å². The molecule has 0 bridgehead atoms. The third-order valence-corrected chi connectivity index (χ3v) is 4.10. The van der Waals surface area contributed by atoms with Crippen LogP contribution in [-0.2, 0) is 11.3 Å². The number of carbonyl (C=O) groups is 1. The summed E-state index contributed by atoms with van der Waals surface area (Å²) >= 11 is 7.21. The highest BCUT2D eigenvalue weighted by Crippen LogP contribution is 2.25. The Labute approximate surface area is 138 Å². The molecule has 0 saturated carbocycles. The standard InChI is InChI=1S/C14H17ClN4O2S/c1-3-19-13(17-18-14(19)22-8-12(16)20)9(2)21-11-6-4-5-10(15)7-11/h4-7,9H,3,8H2,1-2H3,(H2,16,20)/t9-/m1/s1. The van der Waals surface area contributed by atoms with Gasteiger partial charge in [-0.1, -0.05) is 29.4 Å². The lowest BCUT2D eigenvalue weighted by molar-refractivity contribution is -0.115. The number of amides is 1. The van der Waals surface area contributed by atoms with Crippen molar-refractivity contribution >= 4 is 29.3 Å². The molecule has 0 spiro atoms. The van der Waals surface area contributed by atoms with Gasteiger partial charge in [0, 0.05) is 11.6 Å².